The van der Waals surface area contributed by atoms with Crippen LogP contribution in [-0.2, 0) is 0 Å². The van der Waals surface area contributed by atoms with Gasteiger partial charge in [-0.25, -0.2) is 9.78 Å². The number of carbonyl (C=O) groups is 1. The average Bonchev–Trinajstić information content (AvgIpc) is 2.86. The maximum atomic E-state index is 13.1. The zero-order valence-electron chi connectivity index (χ0n) is 20.0. The molecule has 2 amide bonds. The van der Waals surface area contributed by atoms with Crippen LogP contribution in [0.15, 0.2) is 24.3 Å². The van der Waals surface area contributed by atoms with Crippen LogP contribution in [0.3, 0.4) is 0 Å². The van der Waals surface area contributed by atoms with Gasteiger partial charge in [-0.1, -0.05) is 0 Å². The molecule has 2 aromatic rings. The number of urea groups is 1. The summed E-state index contributed by atoms with van der Waals surface area (Å²) in [5.74, 6) is 2.37. The van der Waals surface area contributed by atoms with E-state index >= 15 is 0 Å². The first kappa shape index (κ1) is 23.0. The van der Waals surface area contributed by atoms with E-state index in [0.29, 0.717) is 13.1 Å². The number of nitrogens with one attached hydrogen (secondary N) is 2. The second-order valence-electron chi connectivity index (χ2n) is 8.47. The van der Waals surface area contributed by atoms with E-state index in [1.807, 2.05) is 43.0 Å². The molecule has 0 unspecified atom stereocenters. The minimum atomic E-state index is -0.0840. The lowest BCUT2D eigenvalue weighted by atomic mass is 10.2. The van der Waals surface area contributed by atoms with Crippen molar-refractivity contribution in [2.75, 3.05) is 81.7 Å². The number of aromatic nitrogens is 1. The fraction of sp³-hybridized carbons (Fsp3) is 0.500. The van der Waals surface area contributed by atoms with Crippen LogP contribution in [-0.4, -0.2) is 82.5 Å². The third kappa shape index (κ3) is 5.24. The van der Waals surface area contributed by atoms with Crippen molar-refractivity contribution in [2.24, 2.45) is 0 Å². The van der Waals surface area contributed by atoms with Gasteiger partial charge < -0.3 is 34.8 Å². The molecule has 0 saturated carbocycles. The molecule has 9 nitrogen and oxygen atoms in total. The number of ether oxygens (including phenoxy) is 2. The minimum absolute atomic E-state index is 0.0840. The van der Waals surface area contributed by atoms with E-state index in [1.54, 1.807) is 14.2 Å². The molecule has 0 bridgehead atoms. The van der Waals surface area contributed by atoms with Crippen molar-refractivity contribution in [1.29, 1.82) is 0 Å². The zero-order valence-corrected chi connectivity index (χ0v) is 20.0. The molecule has 0 spiro atoms. The monoisotopic (exact) mass is 454 g/mol. The molecule has 0 atom stereocenters. The molecule has 2 saturated heterocycles. The number of amides is 2. The number of hydrogen-bond acceptors (Lipinski definition) is 7. The Kier molecular flexibility index (Phi) is 7.08. The van der Waals surface area contributed by atoms with Gasteiger partial charge >= 0.3 is 6.03 Å². The largest absolute Gasteiger partial charge is 0.497 e. The third-order valence-corrected chi connectivity index (χ3v) is 6.37. The van der Waals surface area contributed by atoms with Crippen LogP contribution in [0.25, 0.3) is 0 Å². The maximum Gasteiger partial charge on any atom is 0.322 e. The average molecular weight is 455 g/mol. The van der Waals surface area contributed by atoms with Crippen LogP contribution in [0.4, 0.5) is 22.0 Å². The summed E-state index contributed by atoms with van der Waals surface area (Å²) in [5, 5.41) is 6.51. The van der Waals surface area contributed by atoms with Gasteiger partial charge in [-0.3, -0.25) is 0 Å². The van der Waals surface area contributed by atoms with Gasteiger partial charge in [0.2, 0.25) is 0 Å². The SMILES string of the molecule is COc1cc(OC)cc(N2CCN(C(=O)Nc3cc(C)c(C)nc3N3CCNCC3)CC2)c1. The molecule has 33 heavy (non-hydrogen) atoms. The Labute approximate surface area is 195 Å². The first-order valence-corrected chi connectivity index (χ1v) is 11.5. The number of methoxy groups -OCH3 is 2. The van der Waals surface area contributed by atoms with Crippen LogP contribution in [0.1, 0.15) is 11.3 Å². The number of anilines is 3. The first-order valence-electron chi connectivity index (χ1n) is 11.5. The molecule has 2 aliphatic rings. The highest BCUT2D eigenvalue weighted by atomic mass is 16.5. The molecule has 2 aliphatic heterocycles. The molecule has 2 fully saturated rings. The molecule has 0 aliphatic carbocycles. The van der Waals surface area contributed by atoms with Gasteiger partial charge in [0.05, 0.1) is 19.9 Å². The maximum absolute atomic E-state index is 13.1. The standard InChI is InChI=1S/C24H34N6O3/c1-17-13-22(23(26-18(17)2)29-7-5-25-6-8-29)27-24(31)30-11-9-28(10-12-30)19-14-20(32-3)16-21(15-19)33-4/h13-16,25H,5-12H2,1-4H3,(H,27,31). The molecule has 3 heterocycles. The number of pyridine rings is 1. The van der Waals surface area contributed by atoms with Crippen molar-refractivity contribution in [3.63, 3.8) is 0 Å². The summed E-state index contributed by atoms with van der Waals surface area (Å²) in [6.07, 6.45) is 0. The number of carbonyl (C=O) groups excluding carboxylic acids is 1. The van der Waals surface area contributed by atoms with E-state index in [1.165, 1.54) is 0 Å². The van der Waals surface area contributed by atoms with Gasteiger partial charge in [0.15, 0.2) is 5.82 Å². The van der Waals surface area contributed by atoms with E-state index < -0.39 is 0 Å². The lowest BCUT2D eigenvalue weighted by Crippen LogP contribution is -2.50. The lowest BCUT2D eigenvalue weighted by molar-refractivity contribution is 0.208. The Morgan fingerprint density at radius 2 is 1.55 bits per heavy atom. The molecular weight excluding hydrogens is 420 g/mol. The minimum Gasteiger partial charge on any atom is -0.497 e. The summed E-state index contributed by atoms with van der Waals surface area (Å²) >= 11 is 0. The quantitative estimate of drug-likeness (QED) is 0.718. The summed E-state index contributed by atoms with van der Waals surface area (Å²) in [4.78, 5) is 24.3. The van der Waals surface area contributed by atoms with Gasteiger partial charge in [0.1, 0.15) is 11.5 Å². The molecule has 2 N–H and O–H groups in total. The highest BCUT2D eigenvalue weighted by Crippen LogP contribution is 2.30. The van der Waals surface area contributed by atoms with Crippen LogP contribution in [0, 0.1) is 13.8 Å². The molecule has 4 rings (SSSR count). The Hall–Kier alpha value is -3.20. The van der Waals surface area contributed by atoms with Crippen molar-refractivity contribution in [3.8, 4) is 11.5 Å². The van der Waals surface area contributed by atoms with Crippen LogP contribution in [0.5, 0.6) is 11.5 Å². The summed E-state index contributed by atoms with van der Waals surface area (Å²) in [6, 6.07) is 7.81. The van der Waals surface area contributed by atoms with E-state index in [9.17, 15) is 4.79 Å². The molecule has 1 aromatic carbocycles. The van der Waals surface area contributed by atoms with Crippen LogP contribution < -0.4 is 29.9 Å². The van der Waals surface area contributed by atoms with Gasteiger partial charge in [-0.15, -0.1) is 0 Å². The summed E-state index contributed by atoms with van der Waals surface area (Å²) < 4.78 is 10.8. The highest BCUT2D eigenvalue weighted by Gasteiger charge is 2.24. The van der Waals surface area contributed by atoms with Crippen molar-refractivity contribution in [3.05, 3.63) is 35.5 Å². The number of piperazine rings is 2. The van der Waals surface area contributed by atoms with Crippen LogP contribution in [0.2, 0.25) is 0 Å². The highest BCUT2D eigenvalue weighted by molar-refractivity contribution is 5.93. The second-order valence-corrected chi connectivity index (χ2v) is 8.47. The normalized spacial score (nSPS) is 16.5. The summed E-state index contributed by atoms with van der Waals surface area (Å²) in [7, 11) is 3.30. The number of nitrogens with zero attached hydrogens (tertiary/aromatic N) is 4. The summed E-state index contributed by atoms with van der Waals surface area (Å²) in [6.45, 7) is 10.4. The van der Waals surface area contributed by atoms with E-state index in [0.717, 1.165) is 79.2 Å². The second kappa shape index (κ2) is 10.2. The number of rotatable bonds is 5. The van der Waals surface area contributed by atoms with Crippen molar-refractivity contribution < 1.29 is 14.3 Å². The Morgan fingerprint density at radius 3 is 2.15 bits per heavy atom. The molecule has 0 radical (unpaired) electrons. The van der Waals surface area contributed by atoms with Gasteiger partial charge in [-0.05, 0) is 25.5 Å². The fourth-order valence-electron chi connectivity index (χ4n) is 4.24. The fourth-order valence-corrected chi connectivity index (χ4v) is 4.24. The Bertz CT molecular complexity index is 962. The van der Waals surface area contributed by atoms with E-state index in [4.69, 9.17) is 14.5 Å². The zero-order chi connectivity index (χ0) is 23.4. The number of benzene rings is 1. The van der Waals surface area contributed by atoms with Crippen molar-refractivity contribution >= 4 is 23.2 Å². The Morgan fingerprint density at radius 1 is 0.909 bits per heavy atom. The first-order chi connectivity index (χ1) is 16.0. The third-order valence-electron chi connectivity index (χ3n) is 6.37. The number of aryl methyl sites for hydroxylation is 2. The predicted octanol–water partition coefficient (Wildman–Crippen LogP) is 2.48. The van der Waals surface area contributed by atoms with E-state index in [2.05, 4.69) is 20.4 Å². The molecule has 1 aromatic heterocycles. The van der Waals surface area contributed by atoms with Crippen molar-refractivity contribution in [1.82, 2.24) is 15.2 Å². The van der Waals surface area contributed by atoms with Gasteiger partial charge in [-0.2, -0.15) is 0 Å². The smallest absolute Gasteiger partial charge is 0.322 e. The van der Waals surface area contributed by atoms with Gasteiger partial charge in [0.25, 0.3) is 0 Å². The lowest BCUT2D eigenvalue weighted by Gasteiger charge is -2.36. The Balaban J connectivity index is 1.43. The predicted molar refractivity (Wildman–Crippen MR) is 131 cm³/mol. The summed E-state index contributed by atoms with van der Waals surface area (Å²) in [5.41, 5.74) is 3.88. The topological polar surface area (TPSA) is 82.2 Å². The molecular formula is C24H34N6O3. The van der Waals surface area contributed by atoms with Crippen molar-refractivity contribution in [2.45, 2.75) is 13.8 Å². The number of hydrogen-bond donors (Lipinski definition) is 2. The van der Waals surface area contributed by atoms with Gasteiger partial charge in [0, 0.05) is 81.9 Å². The molecule has 178 valence electrons. The van der Waals surface area contributed by atoms with Crippen LogP contribution >= 0.6 is 0 Å². The molecule has 9 heteroatoms. The van der Waals surface area contributed by atoms with E-state index in [-0.39, 0.29) is 6.03 Å².